The number of rotatable bonds is 11. The number of sulfone groups is 1. The zero-order chi connectivity index (χ0) is 36.6. The van der Waals surface area contributed by atoms with Gasteiger partial charge in [-0.1, -0.05) is 42.5 Å². The predicted octanol–water partition coefficient (Wildman–Crippen LogP) is 4.54. The third-order valence-corrected chi connectivity index (χ3v) is 9.98. The van der Waals surface area contributed by atoms with E-state index < -0.39 is 70.0 Å². The molecule has 2 N–H and O–H groups in total. The Bertz CT molecular complexity index is 2430. The van der Waals surface area contributed by atoms with Crippen molar-refractivity contribution in [3.05, 3.63) is 107 Å². The lowest BCUT2D eigenvalue weighted by molar-refractivity contribution is -0.274. The highest BCUT2D eigenvalue weighted by Gasteiger charge is 2.34. The highest BCUT2D eigenvalue weighted by atomic mass is 32.2. The molecular formula is C32H28F3N3O9S3. The summed E-state index contributed by atoms with van der Waals surface area (Å²) in [6.45, 7) is -0.251. The second-order valence-electron chi connectivity index (χ2n) is 11.4. The van der Waals surface area contributed by atoms with Gasteiger partial charge in [0.2, 0.25) is 10.0 Å². The number of anilines is 1. The van der Waals surface area contributed by atoms with Crippen LogP contribution in [0.25, 0.3) is 16.5 Å². The number of allylic oxidation sites excluding steroid dienone is 4. The zero-order valence-corrected chi connectivity index (χ0v) is 28.6. The van der Waals surface area contributed by atoms with Gasteiger partial charge >= 0.3 is 6.36 Å². The zero-order valence-electron chi connectivity index (χ0n) is 26.2. The first kappa shape index (κ1) is 36.3. The summed E-state index contributed by atoms with van der Waals surface area (Å²) >= 11 is 0. The largest absolute Gasteiger partial charge is 0.573 e. The molecule has 4 aromatic rings. The summed E-state index contributed by atoms with van der Waals surface area (Å²) in [4.78, 5) is 27.0. The third kappa shape index (κ3) is 8.80. The lowest BCUT2D eigenvalue weighted by Gasteiger charge is -2.15. The van der Waals surface area contributed by atoms with E-state index in [0.717, 1.165) is 36.8 Å². The van der Waals surface area contributed by atoms with Gasteiger partial charge in [-0.3, -0.25) is 14.3 Å². The molecule has 0 fully saturated rings. The average Bonchev–Trinajstić information content (AvgIpc) is 3.28. The van der Waals surface area contributed by atoms with Crippen LogP contribution in [0.4, 0.5) is 18.9 Å². The van der Waals surface area contributed by atoms with Crippen LogP contribution in [0.5, 0.6) is 5.75 Å². The van der Waals surface area contributed by atoms with Gasteiger partial charge in [-0.25, -0.2) is 30.0 Å². The number of aromatic nitrogens is 1. The van der Waals surface area contributed by atoms with Crippen LogP contribution in [-0.2, 0) is 47.0 Å². The molecule has 1 aliphatic rings. The minimum Gasteiger partial charge on any atom is -0.406 e. The minimum absolute atomic E-state index is 0.0511. The fraction of sp³-hybridized carbons (Fsp3) is 0.188. The van der Waals surface area contributed by atoms with Gasteiger partial charge < -0.3 is 9.30 Å². The third-order valence-electron chi connectivity index (χ3n) is 7.19. The Morgan fingerprint density at radius 3 is 2.28 bits per heavy atom. The molecule has 0 spiro atoms. The van der Waals surface area contributed by atoms with Gasteiger partial charge in [0.25, 0.3) is 15.9 Å². The normalized spacial score (nSPS) is 14.0. The number of fused-ring (bicyclic) bond motifs is 1. The molecule has 1 amide bonds. The van der Waals surface area contributed by atoms with Gasteiger partial charge in [-0.2, -0.15) is 0 Å². The Labute approximate surface area is 285 Å². The molecule has 0 bridgehead atoms. The summed E-state index contributed by atoms with van der Waals surface area (Å²) in [6.07, 6.45) is 1.06. The number of alkyl halides is 3. The van der Waals surface area contributed by atoms with Gasteiger partial charge in [0.1, 0.15) is 11.4 Å². The first-order valence-electron chi connectivity index (χ1n) is 14.4. The lowest BCUT2D eigenvalue weighted by atomic mass is 9.93. The number of hydrogen-bond acceptors (Lipinski definition) is 9. The molecule has 1 heterocycles. The Morgan fingerprint density at radius 2 is 1.62 bits per heavy atom. The molecule has 0 saturated carbocycles. The number of carbonyl (C=O) groups excluding carboxylic acids is 2. The molecule has 264 valence electrons. The van der Waals surface area contributed by atoms with Crippen LogP contribution in [-0.4, -0.2) is 60.4 Å². The molecule has 50 heavy (non-hydrogen) atoms. The topological polar surface area (TPSA) is 175 Å². The van der Waals surface area contributed by atoms with Crippen molar-refractivity contribution >= 4 is 63.7 Å². The number of hydrogen-bond donors (Lipinski definition) is 2. The van der Waals surface area contributed by atoms with Crippen LogP contribution in [0.1, 0.15) is 33.6 Å². The van der Waals surface area contributed by atoms with E-state index in [4.69, 9.17) is 0 Å². The molecule has 0 aliphatic heterocycles. The van der Waals surface area contributed by atoms with E-state index in [9.17, 15) is 48.0 Å². The van der Waals surface area contributed by atoms with Gasteiger partial charge in [0.05, 0.1) is 16.9 Å². The number of sulfonamides is 2. The van der Waals surface area contributed by atoms with Gasteiger partial charge in [-0.15, -0.1) is 13.2 Å². The maximum absolute atomic E-state index is 14.2. The maximum atomic E-state index is 14.2. The predicted molar refractivity (Wildman–Crippen MR) is 179 cm³/mol. The summed E-state index contributed by atoms with van der Waals surface area (Å²) in [5, 5.41) is -0.0511. The highest BCUT2D eigenvalue weighted by molar-refractivity contribution is 7.92. The van der Waals surface area contributed by atoms with E-state index in [1.165, 1.54) is 59.2 Å². The molecule has 1 aromatic heterocycles. The molecule has 0 unspecified atom stereocenters. The number of Topliss-reactive ketones (excluding diaryl/α,β-unsaturated/α-hetero) is 1. The van der Waals surface area contributed by atoms with Crippen molar-refractivity contribution in [2.24, 2.45) is 0 Å². The SMILES string of the molecule is CS(=O)(=O)Cc1cccc(S(=O)(=O)NC(=O)c2c(C3=CC=CCC3=O)c3cc(OC(F)(F)F)ccc3n2Cc2cccc(NS(C)(=O)=O)c2)c1. The van der Waals surface area contributed by atoms with Crippen LogP contribution in [0.3, 0.4) is 0 Å². The summed E-state index contributed by atoms with van der Waals surface area (Å²) in [5.74, 6) is -2.94. The number of carbonyl (C=O) groups is 2. The van der Waals surface area contributed by atoms with Crippen molar-refractivity contribution in [1.82, 2.24) is 9.29 Å². The van der Waals surface area contributed by atoms with E-state index >= 15 is 0 Å². The highest BCUT2D eigenvalue weighted by Crippen LogP contribution is 2.38. The van der Waals surface area contributed by atoms with E-state index in [1.807, 2.05) is 4.72 Å². The molecule has 3 aromatic carbocycles. The van der Waals surface area contributed by atoms with E-state index in [-0.39, 0.29) is 46.3 Å². The number of nitrogens with zero attached hydrogens (tertiary/aromatic N) is 1. The van der Waals surface area contributed by atoms with Gasteiger partial charge in [0.15, 0.2) is 15.6 Å². The van der Waals surface area contributed by atoms with Crippen LogP contribution in [0, 0.1) is 0 Å². The summed E-state index contributed by atoms with van der Waals surface area (Å²) in [5.41, 5.74) is 0.0828. The number of halogens is 3. The van der Waals surface area contributed by atoms with Crippen LogP contribution >= 0.6 is 0 Å². The number of ketones is 1. The Balaban J connectivity index is 1.73. The van der Waals surface area contributed by atoms with Crippen molar-refractivity contribution in [3.8, 4) is 5.75 Å². The monoisotopic (exact) mass is 751 g/mol. The van der Waals surface area contributed by atoms with Crippen molar-refractivity contribution in [2.75, 3.05) is 17.2 Å². The summed E-state index contributed by atoms with van der Waals surface area (Å²) < 4.78 is 124. The quantitative estimate of drug-likeness (QED) is 0.223. The second-order valence-corrected chi connectivity index (χ2v) is 17.0. The van der Waals surface area contributed by atoms with E-state index in [1.54, 1.807) is 6.07 Å². The fourth-order valence-electron chi connectivity index (χ4n) is 5.43. The molecular weight excluding hydrogens is 724 g/mol. The first-order chi connectivity index (χ1) is 23.2. The molecule has 0 saturated heterocycles. The molecule has 12 nitrogen and oxygen atoms in total. The van der Waals surface area contributed by atoms with Crippen molar-refractivity contribution in [1.29, 1.82) is 0 Å². The van der Waals surface area contributed by atoms with E-state index in [0.29, 0.717) is 5.56 Å². The number of nitrogens with one attached hydrogen (secondary N) is 2. The maximum Gasteiger partial charge on any atom is 0.573 e. The second kappa shape index (κ2) is 13.4. The van der Waals surface area contributed by atoms with Crippen LogP contribution < -0.4 is 14.2 Å². The fourth-order valence-corrected chi connectivity index (χ4v) is 7.80. The lowest BCUT2D eigenvalue weighted by Crippen LogP contribution is -2.33. The Hall–Kier alpha value is -4.94. The molecule has 1 aliphatic carbocycles. The Morgan fingerprint density at radius 1 is 0.920 bits per heavy atom. The number of benzene rings is 3. The molecule has 5 rings (SSSR count). The van der Waals surface area contributed by atoms with Crippen LogP contribution in [0.2, 0.25) is 0 Å². The standard InChI is InChI=1S/C32H28F3N3O9S3/c1-48(41,42)19-21-8-6-10-24(16-21)50(45,46)37-31(40)30-29(25-11-3-4-12-28(25)39)26-17-23(47-32(33,34)35)13-14-27(26)38(30)18-20-7-5-9-22(15-20)36-49(2,43)44/h3-11,13-17,36H,12,18-19H2,1-2H3,(H,37,40). The molecule has 0 atom stereocenters. The molecule has 0 radical (unpaired) electrons. The number of amides is 1. The van der Waals surface area contributed by atoms with Crippen molar-refractivity contribution < 1.29 is 52.8 Å². The van der Waals surface area contributed by atoms with E-state index in [2.05, 4.69) is 9.46 Å². The van der Waals surface area contributed by atoms with Crippen molar-refractivity contribution in [3.63, 3.8) is 0 Å². The first-order valence-corrected chi connectivity index (χ1v) is 19.9. The van der Waals surface area contributed by atoms with Crippen molar-refractivity contribution in [2.45, 2.75) is 30.0 Å². The van der Waals surface area contributed by atoms with Crippen LogP contribution in [0.15, 0.2) is 89.9 Å². The Kier molecular flexibility index (Phi) is 9.75. The summed E-state index contributed by atoms with van der Waals surface area (Å²) in [6, 6.07) is 14.0. The average molecular weight is 752 g/mol. The molecule has 18 heteroatoms. The smallest absolute Gasteiger partial charge is 0.406 e. The minimum atomic E-state index is -5.09. The summed E-state index contributed by atoms with van der Waals surface area (Å²) in [7, 11) is -12.0. The van der Waals surface area contributed by atoms with Gasteiger partial charge in [0, 0.05) is 46.9 Å². The number of ether oxygens (including phenoxy) is 1. The van der Waals surface area contributed by atoms with Gasteiger partial charge in [-0.05, 0) is 53.6 Å².